The number of carbonyl (C=O) groups is 3. The zero-order valence-electron chi connectivity index (χ0n) is 21.2. The molecule has 0 bridgehead atoms. The molecule has 1 aliphatic carbocycles. The lowest BCUT2D eigenvalue weighted by molar-refractivity contribution is -0.144. The number of carboxylic acids is 1. The zero-order chi connectivity index (χ0) is 28.0. The second-order valence-electron chi connectivity index (χ2n) is 10.1. The van der Waals surface area contributed by atoms with Crippen LogP contribution in [0.2, 0.25) is 10.0 Å². The van der Waals surface area contributed by atoms with Gasteiger partial charge in [-0.2, -0.15) is 0 Å². The zero-order valence-corrected chi connectivity index (χ0v) is 22.7. The summed E-state index contributed by atoms with van der Waals surface area (Å²) >= 11 is 12.5. The maximum absolute atomic E-state index is 13.4. The molecule has 2 amide bonds. The summed E-state index contributed by atoms with van der Waals surface area (Å²) in [6.07, 6.45) is -0.00951. The van der Waals surface area contributed by atoms with Gasteiger partial charge in [-0.1, -0.05) is 35.3 Å². The molecule has 1 heterocycles. The third-order valence-electron chi connectivity index (χ3n) is 7.55. The number of methoxy groups -OCH3 is 1. The van der Waals surface area contributed by atoms with Gasteiger partial charge in [0, 0.05) is 12.5 Å². The van der Waals surface area contributed by atoms with Crippen molar-refractivity contribution in [1.29, 1.82) is 0 Å². The van der Waals surface area contributed by atoms with Crippen LogP contribution in [-0.2, 0) is 20.0 Å². The molecule has 1 saturated carbocycles. The van der Waals surface area contributed by atoms with Crippen molar-refractivity contribution >= 4 is 52.4 Å². The minimum Gasteiger partial charge on any atom is -0.497 e. The summed E-state index contributed by atoms with van der Waals surface area (Å²) in [4.78, 5) is 42.0. The number of ether oxygens (including phenoxy) is 1. The molecule has 10 nitrogen and oxygen atoms in total. The van der Waals surface area contributed by atoms with E-state index in [1.165, 1.54) is 24.1 Å². The SMILES string of the molecule is COc1cccc(C2(O)CCC(C(N)=O)(N3c4cc(Cl)c(Cl)cc4NC(=O)C3C(=O)O)CC2CN(C)C)c1. The van der Waals surface area contributed by atoms with Crippen LogP contribution in [0.1, 0.15) is 24.8 Å². The normalized spacial score (nSPS) is 27.0. The van der Waals surface area contributed by atoms with Crippen LogP contribution < -0.4 is 20.7 Å². The summed E-state index contributed by atoms with van der Waals surface area (Å²) in [5.41, 5.74) is 4.04. The van der Waals surface area contributed by atoms with Gasteiger partial charge >= 0.3 is 5.97 Å². The van der Waals surface area contributed by atoms with Gasteiger partial charge in [0.1, 0.15) is 11.3 Å². The first kappa shape index (κ1) is 28.0. The highest BCUT2D eigenvalue weighted by Crippen LogP contribution is 2.52. The Kier molecular flexibility index (Phi) is 7.55. The summed E-state index contributed by atoms with van der Waals surface area (Å²) in [5.74, 6) is -3.15. The molecule has 204 valence electrons. The molecule has 4 atom stereocenters. The molecular formula is C26H30Cl2N4O6. The van der Waals surface area contributed by atoms with E-state index in [0.717, 1.165) is 0 Å². The van der Waals surface area contributed by atoms with Gasteiger partial charge in [0.15, 0.2) is 0 Å². The van der Waals surface area contributed by atoms with E-state index in [9.17, 15) is 24.6 Å². The molecule has 12 heteroatoms. The lowest BCUT2D eigenvalue weighted by Gasteiger charge is -2.55. The Morgan fingerprint density at radius 2 is 1.89 bits per heavy atom. The Bertz CT molecular complexity index is 1290. The molecule has 5 N–H and O–H groups in total. The molecule has 2 aromatic carbocycles. The molecular weight excluding hydrogens is 535 g/mol. The number of nitrogens with two attached hydrogens (primary N) is 1. The topological polar surface area (TPSA) is 145 Å². The predicted molar refractivity (Wildman–Crippen MR) is 144 cm³/mol. The lowest BCUT2D eigenvalue weighted by atomic mass is 9.63. The number of nitrogens with one attached hydrogen (secondary N) is 1. The molecule has 38 heavy (non-hydrogen) atoms. The number of benzene rings is 2. The number of aliphatic hydroxyl groups is 1. The molecule has 0 radical (unpaired) electrons. The number of fused-ring (bicyclic) bond motifs is 1. The third-order valence-corrected chi connectivity index (χ3v) is 8.27. The van der Waals surface area contributed by atoms with E-state index in [1.807, 2.05) is 19.0 Å². The average molecular weight is 565 g/mol. The highest BCUT2D eigenvalue weighted by Gasteiger charge is 2.59. The van der Waals surface area contributed by atoms with Crippen molar-refractivity contribution in [2.24, 2.45) is 11.7 Å². The number of carbonyl (C=O) groups excluding carboxylic acids is 2. The van der Waals surface area contributed by atoms with E-state index in [2.05, 4.69) is 5.32 Å². The summed E-state index contributed by atoms with van der Waals surface area (Å²) in [5, 5.41) is 25.0. The van der Waals surface area contributed by atoms with E-state index in [-0.39, 0.29) is 40.7 Å². The molecule has 4 rings (SSSR count). The standard InChI is InChI=1S/C26H30Cl2N4O6/c1-31(2)13-15-12-25(24(29)36,7-8-26(15,37)14-5-4-6-16(9-14)38-3)32-20-11-18(28)17(27)10-19(20)30-22(33)21(32)23(34)35/h4-6,9-11,15,21,37H,7-8,12-13H2,1-3H3,(H2,29,36)(H,30,33)(H,34,35). The molecule has 2 aromatic rings. The van der Waals surface area contributed by atoms with Crippen LogP contribution in [0, 0.1) is 5.92 Å². The third kappa shape index (κ3) is 4.66. The fraction of sp³-hybridized carbons (Fsp3) is 0.423. The van der Waals surface area contributed by atoms with Crippen LogP contribution >= 0.6 is 23.2 Å². The van der Waals surface area contributed by atoms with Gasteiger partial charge in [0.05, 0.1) is 34.1 Å². The minimum atomic E-state index is -1.77. The maximum atomic E-state index is 13.4. The first-order valence-corrected chi connectivity index (χ1v) is 12.7. The molecule has 1 fully saturated rings. The van der Waals surface area contributed by atoms with Crippen molar-refractivity contribution in [3.8, 4) is 5.75 Å². The maximum Gasteiger partial charge on any atom is 0.336 e. The van der Waals surface area contributed by atoms with Gasteiger partial charge in [-0.3, -0.25) is 9.59 Å². The van der Waals surface area contributed by atoms with Crippen LogP contribution in [0.25, 0.3) is 0 Å². The van der Waals surface area contributed by atoms with Crippen LogP contribution in [-0.4, -0.2) is 72.2 Å². The molecule has 0 saturated heterocycles. The van der Waals surface area contributed by atoms with Crippen molar-refractivity contribution < 1.29 is 29.3 Å². The van der Waals surface area contributed by atoms with E-state index < -0.39 is 40.9 Å². The first-order valence-electron chi connectivity index (χ1n) is 12.0. The van der Waals surface area contributed by atoms with Crippen LogP contribution in [0.5, 0.6) is 5.75 Å². The minimum absolute atomic E-state index is 0.0310. The number of carboxylic acid groups (broad SMARTS) is 1. The molecule has 2 aliphatic rings. The van der Waals surface area contributed by atoms with Gasteiger partial charge in [-0.15, -0.1) is 0 Å². The number of aliphatic carboxylic acids is 1. The van der Waals surface area contributed by atoms with Crippen molar-refractivity contribution in [1.82, 2.24) is 4.90 Å². The van der Waals surface area contributed by atoms with E-state index in [4.69, 9.17) is 33.7 Å². The number of primary amides is 1. The average Bonchev–Trinajstić information content (AvgIpc) is 2.85. The Balaban J connectivity index is 1.90. The molecule has 0 spiro atoms. The Hall–Kier alpha value is -3.05. The quantitative estimate of drug-likeness (QED) is 0.375. The summed E-state index contributed by atoms with van der Waals surface area (Å²) < 4.78 is 5.36. The van der Waals surface area contributed by atoms with E-state index in [0.29, 0.717) is 17.9 Å². The summed E-state index contributed by atoms with van der Waals surface area (Å²) in [6.45, 7) is 0.342. The number of hydrogen-bond acceptors (Lipinski definition) is 7. The fourth-order valence-corrected chi connectivity index (χ4v) is 6.09. The van der Waals surface area contributed by atoms with Gasteiger partial charge in [-0.25, -0.2) is 4.79 Å². The monoisotopic (exact) mass is 564 g/mol. The lowest BCUT2D eigenvalue weighted by Crippen LogP contribution is -2.70. The van der Waals surface area contributed by atoms with Crippen molar-refractivity contribution in [3.05, 3.63) is 52.0 Å². The van der Waals surface area contributed by atoms with Crippen molar-refractivity contribution in [2.75, 3.05) is 38.0 Å². The smallest absolute Gasteiger partial charge is 0.336 e. The number of hydrogen-bond donors (Lipinski definition) is 4. The largest absolute Gasteiger partial charge is 0.497 e. The van der Waals surface area contributed by atoms with Gasteiger partial charge in [0.2, 0.25) is 11.9 Å². The number of amides is 2. The number of anilines is 2. The van der Waals surface area contributed by atoms with Crippen LogP contribution in [0.3, 0.4) is 0 Å². The molecule has 1 aliphatic heterocycles. The number of halogens is 2. The highest BCUT2D eigenvalue weighted by molar-refractivity contribution is 6.42. The second-order valence-corrected chi connectivity index (χ2v) is 10.9. The van der Waals surface area contributed by atoms with Crippen molar-refractivity contribution in [3.63, 3.8) is 0 Å². The second kappa shape index (κ2) is 10.3. The fourth-order valence-electron chi connectivity index (χ4n) is 5.76. The van der Waals surface area contributed by atoms with Gasteiger partial charge in [-0.05, 0) is 63.2 Å². The molecule has 0 aromatic heterocycles. The van der Waals surface area contributed by atoms with Crippen LogP contribution in [0.4, 0.5) is 11.4 Å². The number of nitrogens with zero attached hydrogens (tertiary/aromatic N) is 2. The molecule has 4 unspecified atom stereocenters. The number of rotatable bonds is 7. The Labute approximate surface area is 230 Å². The van der Waals surface area contributed by atoms with Gasteiger partial charge in [0.25, 0.3) is 5.91 Å². The van der Waals surface area contributed by atoms with Crippen molar-refractivity contribution in [2.45, 2.75) is 36.4 Å². The predicted octanol–water partition coefficient (Wildman–Crippen LogP) is 2.69. The summed E-state index contributed by atoms with van der Waals surface area (Å²) in [6, 6.07) is 8.12. The van der Waals surface area contributed by atoms with E-state index in [1.54, 1.807) is 24.3 Å². The van der Waals surface area contributed by atoms with E-state index >= 15 is 0 Å². The Morgan fingerprint density at radius 3 is 2.50 bits per heavy atom. The Morgan fingerprint density at radius 1 is 1.21 bits per heavy atom. The first-order chi connectivity index (χ1) is 17.8. The van der Waals surface area contributed by atoms with Crippen LogP contribution in [0.15, 0.2) is 36.4 Å². The summed E-state index contributed by atoms with van der Waals surface area (Å²) in [7, 11) is 5.19. The van der Waals surface area contributed by atoms with Gasteiger partial charge < -0.3 is 35.8 Å². The highest BCUT2D eigenvalue weighted by atomic mass is 35.5.